The van der Waals surface area contributed by atoms with Gasteiger partial charge in [0.05, 0.1) is 16.4 Å². The summed E-state index contributed by atoms with van der Waals surface area (Å²) in [6.07, 6.45) is 4.82. The van der Waals surface area contributed by atoms with E-state index < -0.39 is 5.92 Å². The van der Waals surface area contributed by atoms with Gasteiger partial charge in [-0.2, -0.15) is 5.10 Å². The van der Waals surface area contributed by atoms with Gasteiger partial charge >= 0.3 is 0 Å². The number of ketones is 1. The fourth-order valence-corrected chi connectivity index (χ4v) is 2.72. The largest absolute Gasteiger partial charge is 0.347 e. The Labute approximate surface area is 132 Å². The lowest BCUT2D eigenvalue weighted by Crippen LogP contribution is -2.33. The second-order valence-corrected chi connectivity index (χ2v) is 5.47. The van der Waals surface area contributed by atoms with Gasteiger partial charge in [0.1, 0.15) is 5.92 Å². The number of nitrogens with zero attached hydrogens (tertiary/aromatic N) is 4. The molecule has 0 spiro atoms. The van der Waals surface area contributed by atoms with Crippen LogP contribution in [0.3, 0.4) is 0 Å². The highest BCUT2D eigenvalue weighted by Gasteiger charge is 2.41. The Balaban J connectivity index is 2.04. The monoisotopic (exact) mass is 316 g/mol. The second-order valence-electron chi connectivity index (χ2n) is 5.03. The van der Waals surface area contributed by atoms with Crippen LogP contribution in [0.4, 0.5) is 0 Å². The van der Waals surface area contributed by atoms with Crippen molar-refractivity contribution in [3.8, 4) is 0 Å². The number of carbonyl (C=O) groups excluding carboxylic acids is 2. The van der Waals surface area contributed by atoms with Gasteiger partial charge < -0.3 is 4.57 Å². The second kappa shape index (κ2) is 5.38. The summed E-state index contributed by atoms with van der Waals surface area (Å²) in [4.78, 5) is 29.1. The number of hydrogen-bond acceptors (Lipinski definition) is 4. The Morgan fingerprint density at radius 1 is 1.27 bits per heavy atom. The van der Waals surface area contributed by atoms with Gasteiger partial charge in [-0.15, -0.1) is 0 Å². The van der Waals surface area contributed by atoms with E-state index in [4.69, 9.17) is 11.6 Å². The molecular weight excluding hydrogens is 304 g/mol. The Morgan fingerprint density at radius 2 is 1.95 bits per heavy atom. The van der Waals surface area contributed by atoms with E-state index in [0.717, 1.165) is 0 Å². The van der Waals surface area contributed by atoms with Gasteiger partial charge in [0.2, 0.25) is 0 Å². The summed E-state index contributed by atoms with van der Waals surface area (Å²) in [5.41, 5.74) is 1.50. The smallest absolute Gasteiger partial charge is 0.259 e. The molecule has 1 amide bonds. The molecule has 2 aromatic rings. The Bertz CT molecular complexity index is 782. The van der Waals surface area contributed by atoms with Crippen molar-refractivity contribution >= 4 is 29.0 Å². The molecule has 0 saturated heterocycles. The van der Waals surface area contributed by atoms with Crippen LogP contribution in [0.5, 0.6) is 0 Å². The number of pyridine rings is 1. The molecule has 7 heteroatoms. The maximum absolute atomic E-state index is 12.8. The zero-order chi connectivity index (χ0) is 15.9. The molecule has 2 aromatic heterocycles. The molecule has 0 fully saturated rings. The van der Waals surface area contributed by atoms with Gasteiger partial charge in [-0.05, 0) is 18.2 Å². The van der Waals surface area contributed by atoms with E-state index in [1.807, 2.05) is 0 Å². The number of hydrogen-bond donors (Lipinski definition) is 0. The summed E-state index contributed by atoms with van der Waals surface area (Å²) in [7, 11) is 3.25. The normalized spacial score (nSPS) is 17.8. The summed E-state index contributed by atoms with van der Waals surface area (Å²) in [6, 6.07) is 5.01. The molecule has 0 saturated carbocycles. The Kier molecular flexibility index (Phi) is 3.54. The molecule has 1 atom stereocenters. The maximum atomic E-state index is 12.8. The topological polar surface area (TPSA) is 67.6 Å². The molecule has 0 N–H and O–H groups in total. The molecule has 1 aliphatic rings. The average Bonchev–Trinajstić information content (AvgIpc) is 2.99. The predicted molar refractivity (Wildman–Crippen MR) is 81.8 cm³/mol. The molecule has 0 radical (unpaired) electrons. The number of hydrazone groups is 1. The van der Waals surface area contributed by atoms with E-state index in [9.17, 15) is 9.59 Å². The van der Waals surface area contributed by atoms with Gasteiger partial charge in [-0.3, -0.25) is 14.6 Å². The molecule has 0 bridgehead atoms. The van der Waals surface area contributed by atoms with Crippen molar-refractivity contribution in [2.24, 2.45) is 18.1 Å². The minimum atomic E-state index is -0.961. The predicted octanol–water partition coefficient (Wildman–Crippen LogP) is 1.75. The lowest BCUT2D eigenvalue weighted by molar-refractivity contribution is -0.129. The number of carbonyl (C=O) groups is 2. The van der Waals surface area contributed by atoms with Crippen LogP contribution in [0.25, 0.3) is 0 Å². The fourth-order valence-electron chi connectivity index (χ4n) is 2.47. The summed E-state index contributed by atoms with van der Waals surface area (Å²) in [6.45, 7) is 0. The van der Waals surface area contributed by atoms with Crippen LogP contribution in [-0.4, -0.2) is 39.0 Å². The fraction of sp³-hybridized carbons (Fsp3) is 0.200. The molecule has 1 aliphatic heterocycles. The zero-order valence-electron chi connectivity index (χ0n) is 12.0. The third kappa shape index (κ3) is 2.31. The number of Topliss-reactive ketones (excluding diaryl/α,β-unsaturated/α-hetero) is 1. The van der Waals surface area contributed by atoms with Crippen molar-refractivity contribution < 1.29 is 9.59 Å². The third-order valence-corrected chi connectivity index (χ3v) is 3.77. The third-order valence-electron chi connectivity index (χ3n) is 3.56. The van der Waals surface area contributed by atoms with Crippen molar-refractivity contribution in [1.82, 2.24) is 14.6 Å². The Morgan fingerprint density at radius 3 is 2.55 bits per heavy atom. The molecule has 3 rings (SSSR count). The first-order valence-electron chi connectivity index (χ1n) is 6.61. The number of amides is 1. The molecule has 112 valence electrons. The van der Waals surface area contributed by atoms with Crippen LogP contribution in [0, 0.1) is 5.92 Å². The highest BCUT2D eigenvalue weighted by atomic mass is 35.5. The zero-order valence-corrected chi connectivity index (χ0v) is 12.8. The lowest BCUT2D eigenvalue weighted by Gasteiger charge is -2.11. The van der Waals surface area contributed by atoms with Gasteiger partial charge in [-0.25, -0.2) is 5.01 Å². The molecule has 0 aromatic carbocycles. The first-order valence-corrected chi connectivity index (χ1v) is 6.99. The highest BCUT2D eigenvalue weighted by molar-refractivity contribution is 6.33. The molecule has 0 aliphatic carbocycles. The summed E-state index contributed by atoms with van der Waals surface area (Å²) < 4.78 is 1.61. The minimum Gasteiger partial charge on any atom is -0.347 e. The average molecular weight is 317 g/mol. The van der Waals surface area contributed by atoms with Gasteiger partial charge in [0.15, 0.2) is 5.78 Å². The van der Waals surface area contributed by atoms with Crippen LogP contribution < -0.4 is 0 Å². The number of aromatic nitrogens is 2. The summed E-state index contributed by atoms with van der Waals surface area (Å²) in [5, 5.41) is 5.86. The van der Waals surface area contributed by atoms with E-state index in [2.05, 4.69) is 10.1 Å². The quantitative estimate of drug-likeness (QED) is 0.640. The summed E-state index contributed by atoms with van der Waals surface area (Å²) >= 11 is 5.93. The van der Waals surface area contributed by atoms with E-state index in [1.165, 1.54) is 12.1 Å². The van der Waals surface area contributed by atoms with Crippen molar-refractivity contribution in [2.75, 3.05) is 7.05 Å². The minimum absolute atomic E-state index is 0.320. The standard InChI is InChI=1S/C15H13ClN4O2/c1-19-8-10(16)7-11(19)14(21)12-13(18-20(2)15(12)22)9-3-5-17-6-4-9/h3-8,12H,1-2H3. The molecule has 1 unspecified atom stereocenters. The lowest BCUT2D eigenvalue weighted by atomic mass is 9.92. The van der Waals surface area contributed by atoms with Gasteiger partial charge in [0, 0.05) is 38.2 Å². The Hall–Kier alpha value is -2.47. The van der Waals surface area contributed by atoms with E-state index in [-0.39, 0.29) is 11.7 Å². The van der Waals surface area contributed by atoms with Crippen LogP contribution in [-0.2, 0) is 11.8 Å². The first kappa shape index (κ1) is 14.5. The number of aryl methyl sites for hydroxylation is 1. The molecule has 22 heavy (non-hydrogen) atoms. The SMILES string of the molecule is CN1N=C(c2ccncc2)C(C(=O)c2cc(Cl)cn2C)C1=O. The molecular formula is C15H13ClN4O2. The highest BCUT2D eigenvalue weighted by Crippen LogP contribution is 2.25. The van der Waals surface area contributed by atoms with E-state index in [0.29, 0.717) is 22.0 Å². The van der Waals surface area contributed by atoms with Gasteiger partial charge in [0.25, 0.3) is 5.91 Å². The van der Waals surface area contributed by atoms with Crippen LogP contribution >= 0.6 is 11.6 Å². The van der Waals surface area contributed by atoms with Crippen molar-refractivity contribution in [1.29, 1.82) is 0 Å². The molecule has 6 nitrogen and oxygen atoms in total. The summed E-state index contributed by atoms with van der Waals surface area (Å²) in [5.74, 6) is -1.63. The van der Waals surface area contributed by atoms with Crippen LogP contribution in [0.1, 0.15) is 16.1 Å². The van der Waals surface area contributed by atoms with E-state index in [1.54, 1.807) is 48.4 Å². The number of halogens is 1. The molecule has 3 heterocycles. The van der Waals surface area contributed by atoms with Crippen molar-refractivity contribution in [3.05, 3.63) is 53.1 Å². The van der Waals surface area contributed by atoms with Crippen LogP contribution in [0.2, 0.25) is 5.02 Å². The van der Waals surface area contributed by atoms with Crippen molar-refractivity contribution in [2.45, 2.75) is 0 Å². The van der Waals surface area contributed by atoms with Crippen LogP contribution in [0.15, 0.2) is 41.9 Å². The van der Waals surface area contributed by atoms with Gasteiger partial charge in [-0.1, -0.05) is 11.6 Å². The maximum Gasteiger partial charge on any atom is 0.259 e. The first-order chi connectivity index (χ1) is 10.5. The van der Waals surface area contributed by atoms with Crippen molar-refractivity contribution in [3.63, 3.8) is 0 Å². The van der Waals surface area contributed by atoms with E-state index >= 15 is 0 Å². The number of rotatable bonds is 3.